The van der Waals surface area contributed by atoms with E-state index in [1.54, 1.807) is 6.92 Å². The predicted octanol–water partition coefficient (Wildman–Crippen LogP) is 6.10. The van der Waals surface area contributed by atoms with Crippen molar-refractivity contribution in [3.05, 3.63) is 32.6 Å². The third-order valence-corrected chi connectivity index (χ3v) is 23.6. The SMILES string of the molecule is Cc1cn([C@@H]2O[C@H](CO[Si](C)(C)C(C)(C)C)[C@@H](O[Si](C)(C)C(C)(C)C)[C@H]2O[Si](C)(C)C(C)(C)C)c(=O)n(CC(=O)O)c1=O. The Kier molecular flexibility index (Phi) is 10.9. The number of nitrogens with zero attached hydrogens (tertiary/aromatic N) is 2. The maximum absolute atomic E-state index is 13.8. The van der Waals surface area contributed by atoms with E-state index in [1.807, 2.05) is 0 Å². The van der Waals surface area contributed by atoms with Crippen molar-refractivity contribution < 1.29 is 27.9 Å². The van der Waals surface area contributed by atoms with Gasteiger partial charge in [-0.2, -0.15) is 0 Å². The molecule has 1 N–H and O–H groups in total. The van der Waals surface area contributed by atoms with Crippen LogP contribution in [0.15, 0.2) is 15.8 Å². The molecule has 10 nitrogen and oxygen atoms in total. The minimum Gasteiger partial charge on any atom is -0.480 e. The minimum absolute atomic E-state index is 0.0296. The van der Waals surface area contributed by atoms with Crippen molar-refractivity contribution in [2.24, 2.45) is 0 Å². The Bertz CT molecular complexity index is 1280. The van der Waals surface area contributed by atoms with Gasteiger partial charge < -0.3 is 23.1 Å². The normalized spacial score (nSPS) is 22.7. The zero-order valence-electron chi connectivity index (χ0n) is 29.5. The number of rotatable bonds is 10. The third kappa shape index (κ3) is 8.27. The lowest BCUT2D eigenvalue weighted by Crippen LogP contribution is -2.55. The lowest BCUT2D eigenvalue weighted by Gasteiger charge is -2.44. The summed E-state index contributed by atoms with van der Waals surface area (Å²) in [6, 6.07) is 0. The molecule has 1 aromatic heterocycles. The molecule has 43 heavy (non-hydrogen) atoms. The molecule has 0 spiro atoms. The highest BCUT2D eigenvalue weighted by Gasteiger charge is 2.55. The van der Waals surface area contributed by atoms with Crippen molar-refractivity contribution in [1.29, 1.82) is 0 Å². The lowest BCUT2D eigenvalue weighted by molar-refractivity contribution is -0.137. The molecule has 1 saturated heterocycles. The van der Waals surface area contributed by atoms with E-state index in [4.69, 9.17) is 18.0 Å². The van der Waals surface area contributed by atoms with Crippen LogP contribution in [0.4, 0.5) is 0 Å². The second kappa shape index (κ2) is 12.4. The zero-order valence-corrected chi connectivity index (χ0v) is 32.5. The number of carbonyl (C=O) groups is 1. The van der Waals surface area contributed by atoms with Crippen molar-refractivity contribution in [2.75, 3.05) is 6.61 Å². The quantitative estimate of drug-likeness (QED) is 0.300. The van der Waals surface area contributed by atoms with Crippen molar-refractivity contribution in [3.8, 4) is 0 Å². The molecule has 1 aromatic rings. The van der Waals surface area contributed by atoms with Crippen molar-refractivity contribution >= 4 is 30.9 Å². The number of ether oxygens (including phenoxy) is 1. The van der Waals surface area contributed by atoms with Crippen LogP contribution in [-0.4, -0.2) is 70.1 Å². The third-order valence-electron chi connectivity index (χ3n) is 10.1. The second-order valence-corrected chi connectivity index (χ2v) is 30.9. The fourth-order valence-corrected chi connectivity index (χ4v) is 7.71. The van der Waals surface area contributed by atoms with Crippen LogP contribution in [0, 0.1) is 6.92 Å². The first-order chi connectivity index (χ1) is 19.0. The van der Waals surface area contributed by atoms with Gasteiger partial charge in [-0.05, 0) is 61.3 Å². The van der Waals surface area contributed by atoms with Crippen molar-refractivity contribution in [3.63, 3.8) is 0 Å². The Labute approximate surface area is 261 Å². The standard InChI is InChI=1S/C30H58N2O8Si3/c1-20-17-32(27(36)31(25(20)35)18-22(33)34)26-24(40-43(15,16)30(8,9)10)23(39-42(13,14)29(5,6)7)21(38-26)19-37-41(11,12)28(2,3)4/h17,21,23-24,26H,18-19H2,1-16H3,(H,33,34)/t21-,23-,24-,26-/m1/s1. The molecular formula is C30H58N2O8Si3. The van der Waals surface area contributed by atoms with E-state index in [9.17, 15) is 19.5 Å². The number of carboxylic acids is 1. The fourth-order valence-electron chi connectivity index (χ4n) is 4.09. The Hall–Kier alpha value is -1.36. The van der Waals surface area contributed by atoms with E-state index in [-0.39, 0.29) is 27.3 Å². The summed E-state index contributed by atoms with van der Waals surface area (Å²) in [5, 5.41) is 9.17. The van der Waals surface area contributed by atoms with E-state index >= 15 is 0 Å². The highest BCUT2D eigenvalue weighted by Crippen LogP contribution is 2.46. The molecule has 2 heterocycles. The molecule has 0 radical (unpaired) electrons. The minimum atomic E-state index is -2.46. The van der Waals surface area contributed by atoms with Gasteiger partial charge in [0.2, 0.25) is 0 Å². The van der Waals surface area contributed by atoms with Crippen LogP contribution in [0.25, 0.3) is 0 Å². The average Bonchev–Trinajstić information content (AvgIpc) is 3.11. The molecule has 1 aliphatic heterocycles. The molecule has 13 heteroatoms. The Morgan fingerprint density at radius 2 is 1.28 bits per heavy atom. The maximum atomic E-state index is 13.8. The van der Waals surface area contributed by atoms with Gasteiger partial charge in [0.15, 0.2) is 31.2 Å². The molecule has 0 aliphatic carbocycles. The smallest absolute Gasteiger partial charge is 0.333 e. The fraction of sp³-hybridized carbons (Fsp3) is 0.833. The first-order valence-electron chi connectivity index (χ1n) is 15.2. The summed E-state index contributed by atoms with van der Waals surface area (Å²) >= 11 is 0. The van der Waals surface area contributed by atoms with Crippen LogP contribution >= 0.6 is 0 Å². The molecule has 0 saturated carbocycles. The number of aromatic nitrogens is 2. The summed E-state index contributed by atoms with van der Waals surface area (Å²) in [5.41, 5.74) is -1.17. The summed E-state index contributed by atoms with van der Waals surface area (Å²) in [5.74, 6) is -1.28. The summed E-state index contributed by atoms with van der Waals surface area (Å²) in [4.78, 5) is 38.2. The molecule has 1 fully saturated rings. The van der Waals surface area contributed by atoms with Crippen LogP contribution in [-0.2, 0) is 29.4 Å². The lowest BCUT2D eigenvalue weighted by atomic mass is 10.1. The van der Waals surface area contributed by atoms with Crippen LogP contribution in [0.1, 0.15) is 74.1 Å². The Morgan fingerprint density at radius 1 is 0.837 bits per heavy atom. The van der Waals surface area contributed by atoms with Gasteiger partial charge in [0.05, 0.1) is 6.61 Å². The van der Waals surface area contributed by atoms with Crippen LogP contribution in [0.3, 0.4) is 0 Å². The van der Waals surface area contributed by atoms with E-state index in [2.05, 4.69) is 102 Å². The number of aliphatic carboxylic acids is 1. The van der Waals surface area contributed by atoms with Gasteiger partial charge in [-0.3, -0.25) is 14.2 Å². The monoisotopic (exact) mass is 658 g/mol. The Morgan fingerprint density at radius 3 is 1.70 bits per heavy atom. The molecule has 0 amide bonds. The van der Waals surface area contributed by atoms with E-state index in [0.717, 1.165) is 4.57 Å². The molecule has 2 rings (SSSR count). The molecule has 0 bridgehead atoms. The predicted molar refractivity (Wildman–Crippen MR) is 179 cm³/mol. The van der Waals surface area contributed by atoms with Crippen LogP contribution < -0.4 is 11.2 Å². The maximum Gasteiger partial charge on any atom is 0.333 e. The largest absolute Gasteiger partial charge is 0.480 e. The van der Waals surface area contributed by atoms with Gasteiger partial charge in [0, 0.05) is 11.8 Å². The summed E-state index contributed by atoms with van der Waals surface area (Å²) in [7, 11) is -7.04. The van der Waals surface area contributed by atoms with Gasteiger partial charge >= 0.3 is 11.7 Å². The highest BCUT2D eigenvalue weighted by atomic mass is 28.4. The average molecular weight is 659 g/mol. The molecule has 1 aliphatic rings. The highest BCUT2D eigenvalue weighted by molar-refractivity contribution is 6.75. The second-order valence-electron chi connectivity index (χ2n) is 16.6. The molecule has 0 unspecified atom stereocenters. The van der Waals surface area contributed by atoms with Gasteiger partial charge in [-0.15, -0.1) is 0 Å². The molecular weight excluding hydrogens is 601 g/mol. The van der Waals surface area contributed by atoms with Crippen LogP contribution in [0.5, 0.6) is 0 Å². The van der Waals surface area contributed by atoms with Crippen molar-refractivity contribution in [2.45, 2.75) is 155 Å². The summed E-state index contributed by atoms with van der Waals surface area (Å²) < 4.78 is 29.7. The van der Waals surface area contributed by atoms with Gasteiger partial charge in [0.25, 0.3) is 5.56 Å². The van der Waals surface area contributed by atoms with Crippen molar-refractivity contribution in [1.82, 2.24) is 9.13 Å². The van der Waals surface area contributed by atoms with E-state index in [1.165, 1.54) is 10.8 Å². The number of hydrogen-bond donors (Lipinski definition) is 1. The van der Waals surface area contributed by atoms with E-state index in [0.29, 0.717) is 0 Å². The summed E-state index contributed by atoms with van der Waals surface area (Å²) in [6.45, 7) is 33.6. The number of aryl methyl sites for hydroxylation is 1. The first-order valence-corrected chi connectivity index (χ1v) is 24.0. The topological polar surface area (TPSA) is 118 Å². The van der Waals surface area contributed by atoms with E-state index < -0.39 is 73.3 Å². The van der Waals surface area contributed by atoms with Gasteiger partial charge in [-0.25, -0.2) is 9.36 Å². The molecule has 248 valence electrons. The van der Waals surface area contributed by atoms with Gasteiger partial charge in [-0.1, -0.05) is 62.3 Å². The first kappa shape index (κ1) is 37.8. The number of carboxylic acid groups (broad SMARTS) is 1. The molecule has 4 atom stereocenters. The molecule has 0 aromatic carbocycles. The Balaban J connectivity index is 2.82. The summed E-state index contributed by atoms with van der Waals surface area (Å²) in [6.07, 6.45) is -1.32. The number of hydrogen-bond acceptors (Lipinski definition) is 7. The zero-order chi connectivity index (χ0) is 33.7. The van der Waals surface area contributed by atoms with Crippen LogP contribution in [0.2, 0.25) is 54.4 Å². The van der Waals surface area contributed by atoms with Gasteiger partial charge in [0.1, 0.15) is 24.9 Å².